The predicted molar refractivity (Wildman–Crippen MR) is 60.4 cm³/mol. The lowest BCUT2D eigenvalue weighted by Gasteiger charge is -1.99. The minimum Gasteiger partial charge on any atom is -0.321 e. The fraction of sp³-hybridized carbons (Fsp3) is 0.364. The molecule has 0 amide bonds. The number of aromatic nitrogens is 3. The molecule has 0 radical (unpaired) electrons. The largest absolute Gasteiger partial charge is 0.321 e. The van der Waals surface area contributed by atoms with Gasteiger partial charge in [0.1, 0.15) is 17.2 Å². The third-order valence-electron chi connectivity index (χ3n) is 2.42. The lowest BCUT2D eigenvalue weighted by molar-refractivity contribution is 0.0963. The summed E-state index contributed by atoms with van der Waals surface area (Å²) in [6.07, 6.45) is 1.68. The summed E-state index contributed by atoms with van der Waals surface area (Å²) >= 11 is 0. The Morgan fingerprint density at radius 3 is 2.75 bits per heavy atom. The second-order valence-corrected chi connectivity index (χ2v) is 3.95. The van der Waals surface area contributed by atoms with Gasteiger partial charge >= 0.3 is 0 Å². The summed E-state index contributed by atoms with van der Waals surface area (Å²) in [5, 5.41) is 0. The van der Waals surface area contributed by atoms with Crippen molar-refractivity contribution in [2.24, 2.45) is 5.73 Å². The van der Waals surface area contributed by atoms with Crippen molar-refractivity contribution in [1.29, 1.82) is 0 Å². The average molecular weight is 218 g/mol. The van der Waals surface area contributed by atoms with E-state index in [0.29, 0.717) is 5.69 Å². The van der Waals surface area contributed by atoms with Gasteiger partial charge in [-0.15, -0.1) is 0 Å². The van der Waals surface area contributed by atoms with E-state index < -0.39 is 6.04 Å². The molecule has 0 spiro atoms. The van der Waals surface area contributed by atoms with Crippen molar-refractivity contribution in [3.05, 3.63) is 29.5 Å². The van der Waals surface area contributed by atoms with Gasteiger partial charge in [-0.1, -0.05) is 0 Å². The summed E-state index contributed by atoms with van der Waals surface area (Å²) in [5.74, 6) is 0.659. The summed E-state index contributed by atoms with van der Waals surface area (Å²) in [4.78, 5) is 20.2. The van der Waals surface area contributed by atoms with Crippen LogP contribution in [0.1, 0.15) is 28.9 Å². The highest BCUT2D eigenvalue weighted by molar-refractivity contribution is 5.98. The van der Waals surface area contributed by atoms with Crippen LogP contribution in [0.3, 0.4) is 0 Å². The molecule has 2 heterocycles. The molecule has 0 aliphatic rings. The molecule has 0 saturated heterocycles. The Bertz CT molecular complexity index is 556. The van der Waals surface area contributed by atoms with Crippen LogP contribution in [0.25, 0.3) is 5.65 Å². The van der Waals surface area contributed by atoms with E-state index in [1.165, 1.54) is 0 Å². The van der Waals surface area contributed by atoms with Crippen molar-refractivity contribution >= 4 is 11.4 Å². The van der Waals surface area contributed by atoms with Gasteiger partial charge in [0.2, 0.25) is 0 Å². The molecule has 2 aromatic rings. The van der Waals surface area contributed by atoms with E-state index in [4.69, 9.17) is 5.73 Å². The van der Waals surface area contributed by atoms with Gasteiger partial charge < -0.3 is 5.73 Å². The zero-order chi connectivity index (χ0) is 11.9. The number of ketones is 1. The number of Topliss-reactive ketones (excluding diaryl/α,β-unsaturated/α-hetero) is 1. The van der Waals surface area contributed by atoms with Crippen molar-refractivity contribution in [2.45, 2.75) is 26.8 Å². The number of carbonyl (C=O) groups excluding carboxylic acids is 1. The summed E-state index contributed by atoms with van der Waals surface area (Å²) in [6, 6.07) is 1.31. The maximum atomic E-state index is 11.7. The SMILES string of the molecule is Cc1cc2nc(C(=O)C(C)N)cn2c(C)n1. The van der Waals surface area contributed by atoms with Crippen molar-refractivity contribution < 1.29 is 4.79 Å². The molecule has 2 N–H and O–H groups in total. The van der Waals surface area contributed by atoms with E-state index >= 15 is 0 Å². The number of hydrogen-bond acceptors (Lipinski definition) is 4. The summed E-state index contributed by atoms with van der Waals surface area (Å²) < 4.78 is 1.79. The van der Waals surface area contributed by atoms with Gasteiger partial charge in [-0.3, -0.25) is 9.20 Å². The highest BCUT2D eigenvalue weighted by atomic mass is 16.1. The zero-order valence-corrected chi connectivity index (χ0v) is 9.56. The van der Waals surface area contributed by atoms with Crippen LogP contribution >= 0.6 is 0 Å². The maximum Gasteiger partial charge on any atom is 0.199 e. The van der Waals surface area contributed by atoms with Crippen molar-refractivity contribution in [2.75, 3.05) is 0 Å². The Morgan fingerprint density at radius 2 is 2.12 bits per heavy atom. The maximum absolute atomic E-state index is 11.7. The number of fused-ring (bicyclic) bond motifs is 1. The molecular formula is C11H14N4O. The normalized spacial score (nSPS) is 13.0. The van der Waals surface area contributed by atoms with E-state index in [2.05, 4.69) is 9.97 Å². The summed E-state index contributed by atoms with van der Waals surface area (Å²) in [6.45, 7) is 5.43. The fourth-order valence-corrected chi connectivity index (χ4v) is 1.64. The van der Waals surface area contributed by atoms with Gasteiger partial charge in [0.05, 0.1) is 6.04 Å². The molecule has 1 unspecified atom stereocenters. The Morgan fingerprint density at radius 1 is 1.44 bits per heavy atom. The first-order valence-corrected chi connectivity index (χ1v) is 5.12. The van der Waals surface area contributed by atoms with Crippen molar-refractivity contribution in [3.63, 3.8) is 0 Å². The van der Waals surface area contributed by atoms with E-state index in [9.17, 15) is 4.79 Å². The molecule has 1 atom stereocenters. The first-order valence-electron chi connectivity index (χ1n) is 5.12. The molecule has 2 aromatic heterocycles. The molecule has 0 aromatic carbocycles. The van der Waals surface area contributed by atoms with Gasteiger partial charge in [0, 0.05) is 18.0 Å². The van der Waals surface area contributed by atoms with Gasteiger partial charge in [-0.25, -0.2) is 9.97 Å². The standard InChI is InChI=1S/C11H14N4O/c1-6-4-10-14-9(11(16)7(2)12)5-15(10)8(3)13-6/h4-5,7H,12H2,1-3H3. The van der Waals surface area contributed by atoms with E-state index in [1.807, 2.05) is 19.9 Å². The lowest BCUT2D eigenvalue weighted by Crippen LogP contribution is -2.26. The first kappa shape index (κ1) is 10.8. The van der Waals surface area contributed by atoms with Crippen molar-refractivity contribution in [3.8, 4) is 0 Å². The predicted octanol–water partition coefficient (Wildman–Crippen LogP) is 0.876. The van der Waals surface area contributed by atoms with Crippen LogP contribution < -0.4 is 5.73 Å². The van der Waals surface area contributed by atoms with Crippen LogP contribution in [-0.4, -0.2) is 26.2 Å². The van der Waals surface area contributed by atoms with Crippen LogP contribution in [0.5, 0.6) is 0 Å². The molecule has 0 fully saturated rings. The average Bonchev–Trinajstić information content (AvgIpc) is 2.60. The van der Waals surface area contributed by atoms with E-state index in [-0.39, 0.29) is 5.78 Å². The third-order valence-corrected chi connectivity index (χ3v) is 2.42. The van der Waals surface area contributed by atoms with Gasteiger partial charge in [-0.2, -0.15) is 0 Å². The third kappa shape index (κ3) is 1.69. The molecule has 2 rings (SSSR count). The van der Waals surface area contributed by atoms with Gasteiger partial charge in [0.25, 0.3) is 0 Å². The molecule has 0 bridgehead atoms. The molecule has 0 aliphatic carbocycles. The van der Waals surface area contributed by atoms with Crippen LogP contribution in [0.2, 0.25) is 0 Å². The molecule has 0 aliphatic heterocycles. The zero-order valence-electron chi connectivity index (χ0n) is 9.56. The topological polar surface area (TPSA) is 73.3 Å². The second-order valence-electron chi connectivity index (χ2n) is 3.95. The number of nitrogens with zero attached hydrogens (tertiary/aromatic N) is 3. The highest BCUT2D eigenvalue weighted by Gasteiger charge is 2.15. The van der Waals surface area contributed by atoms with Gasteiger partial charge in [-0.05, 0) is 20.8 Å². The Kier molecular flexibility index (Phi) is 2.47. The van der Waals surface area contributed by atoms with Crippen LogP contribution in [0.15, 0.2) is 12.3 Å². The highest BCUT2D eigenvalue weighted by Crippen LogP contribution is 2.10. The first-order chi connectivity index (χ1) is 7.49. The van der Waals surface area contributed by atoms with Gasteiger partial charge in [0.15, 0.2) is 5.78 Å². The summed E-state index contributed by atoms with van der Waals surface area (Å²) in [5.41, 5.74) is 7.55. The Hall–Kier alpha value is -1.75. The van der Waals surface area contributed by atoms with E-state index in [1.54, 1.807) is 17.5 Å². The number of aryl methyl sites for hydroxylation is 2. The summed E-state index contributed by atoms with van der Waals surface area (Å²) in [7, 11) is 0. The van der Waals surface area contributed by atoms with Crippen molar-refractivity contribution in [1.82, 2.24) is 14.4 Å². The molecule has 16 heavy (non-hydrogen) atoms. The lowest BCUT2D eigenvalue weighted by atomic mass is 10.2. The van der Waals surface area contributed by atoms with Crippen LogP contribution in [-0.2, 0) is 0 Å². The number of imidazole rings is 1. The minimum atomic E-state index is -0.528. The molecule has 84 valence electrons. The Balaban J connectivity index is 2.60. The molecule has 5 nitrogen and oxygen atoms in total. The fourth-order valence-electron chi connectivity index (χ4n) is 1.64. The number of nitrogens with two attached hydrogens (primary N) is 1. The molecule has 5 heteroatoms. The van der Waals surface area contributed by atoms with E-state index in [0.717, 1.165) is 17.2 Å². The van der Waals surface area contributed by atoms with Crippen LogP contribution in [0, 0.1) is 13.8 Å². The number of rotatable bonds is 2. The minimum absolute atomic E-state index is 0.152. The quantitative estimate of drug-likeness (QED) is 0.759. The monoisotopic (exact) mass is 218 g/mol. The smallest absolute Gasteiger partial charge is 0.199 e. The second kappa shape index (κ2) is 3.68. The Labute approximate surface area is 93.3 Å². The molecular weight excluding hydrogens is 204 g/mol. The number of hydrogen-bond donors (Lipinski definition) is 1. The molecule has 0 saturated carbocycles. The van der Waals surface area contributed by atoms with Crippen LogP contribution in [0.4, 0.5) is 0 Å². The number of carbonyl (C=O) groups is 1.